The Balaban J connectivity index is 1.90. The minimum atomic E-state index is -0.609. The second-order valence-corrected chi connectivity index (χ2v) is 5.80. The van der Waals surface area contributed by atoms with Gasteiger partial charge in [-0.3, -0.25) is 0 Å². The summed E-state index contributed by atoms with van der Waals surface area (Å²) in [5.41, 5.74) is 0.625. The monoisotopic (exact) mass is 235 g/mol. The molecule has 2 saturated heterocycles. The summed E-state index contributed by atoms with van der Waals surface area (Å²) in [5.74, 6) is -0.281. The van der Waals surface area contributed by atoms with Crippen molar-refractivity contribution < 1.29 is 9.50 Å². The molecule has 0 aromatic heterocycles. The zero-order valence-corrected chi connectivity index (χ0v) is 10.0. The number of hydrogen-bond donors (Lipinski definition) is 2. The van der Waals surface area contributed by atoms with E-state index in [0.717, 1.165) is 25.7 Å². The molecule has 2 N–H and O–H groups in total. The molecule has 0 unspecified atom stereocenters. The molecular formula is C14H18FNO. The fourth-order valence-electron chi connectivity index (χ4n) is 3.44. The molecule has 2 aliphatic rings. The van der Waals surface area contributed by atoms with Crippen molar-refractivity contribution in [2.45, 2.75) is 49.8 Å². The number of rotatable bonds is 2. The van der Waals surface area contributed by atoms with Crippen LogP contribution in [0.5, 0.6) is 0 Å². The first-order chi connectivity index (χ1) is 8.03. The first-order valence-electron chi connectivity index (χ1n) is 6.26. The molecule has 0 aliphatic carbocycles. The van der Waals surface area contributed by atoms with Crippen molar-refractivity contribution in [2.75, 3.05) is 0 Å². The van der Waals surface area contributed by atoms with Gasteiger partial charge in [0.05, 0.1) is 6.10 Å². The molecule has 17 heavy (non-hydrogen) atoms. The fourth-order valence-corrected chi connectivity index (χ4v) is 3.44. The lowest BCUT2D eigenvalue weighted by atomic mass is 9.78. The zero-order valence-electron chi connectivity index (χ0n) is 10.0. The van der Waals surface area contributed by atoms with Crippen LogP contribution in [0.25, 0.3) is 0 Å². The maximum Gasteiger partial charge on any atom is 0.123 e. The van der Waals surface area contributed by atoms with Gasteiger partial charge < -0.3 is 10.4 Å². The van der Waals surface area contributed by atoms with Gasteiger partial charge in [0.1, 0.15) is 5.82 Å². The summed E-state index contributed by atoms with van der Waals surface area (Å²) in [6.45, 7) is 2.21. The van der Waals surface area contributed by atoms with E-state index in [4.69, 9.17) is 0 Å². The first kappa shape index (κ1) is 11.2. The minimum absolute atomic E-state index is 0.175. The zero-order chi connectivity index (χ0) is 12.1. The molecule has 2 heterocycles. The molecule has 2 bridgehead atoms. The maximum atomic E-state index is 13.2. The Bertz CT molecular complexity index is 438. The summed E-state index contributed by atoms with van der Waals surface area (Å²) in [4.78, 5) is 0. The minimum Gasteiger partial charge on any atom is -0.386 e. The third-order valence-corrected chi connectivity index (χ3v) is 4.48. The summed E-state index contributed by atoms with van der Waals surface area (Å²) >= 11 is 0. The van der Waals surface area contributed by atoms with Gasteiger partial charge in [-0.15, -0.1) is 0 Å². The lowest BCUT2D eigenvalue weighted by Gasteiger charge is -2.32. The molecule has 3 rings (SSSR count). The van der Waals surface area contributed by atoms with Crippen LogP contribution in [0.4, 0.5) is 4.39 Å². The summed E-state index contributed by atoms with van der Waals surface area (Å²) in [6, 6.07) is 6.32. The lowest BCUT2D eigenvalue weighted by Crippen LogP contribution is -2.45. The van der Waals surface area contributed by atoms with Gasteiger partial charge in [0.25, 0.3) is 0 Å². The fraction of sp³-hybridized carbons (Fsp3) is 0.571. The molecule has 0 saturated carbocycles. The number of hydrogen-bond acceptors (Lipinski definition) is 2. The molecule has 1 aromatic carbocycles. The van der Waals surface area contributed by atoms with Crippen LogP contribution in [0.3, 0.4) is 0 Å². The van der Waals surface area contributed by atoms with Crippen molar-refractivity contribution in [1.82, 2.24) is 5.32 Å². The van der Waals surface area contributed by atoms with Gasteiger partial charge in [-0.1, -0.05) is 12.1 Å². The van der Waals surface area contributed by atoms with Crippen LogP contribution < -0.4 is 5.32 Å². The highest BCUT2D eigenvalue weighted by molar-refractivity contribution is 5.26. The number of nitrogens with one attached hydrogen (secondary N) is 1. The molecule has 92 valence electrons. The van der Waals surface area contributed by atoms with Gasteiger partial charge >= 0.3 is 0 Å². The average Bonchev–Trinajstić information content (AvgIpc) is 2.83. The number of benzene rings is 1. The summed E-state index contributed by atoms with van der Waals surface area (Å²) in [5, 5.41) is 14.1. The van der Waals surface area contributed by atoms with E-state index in [1.165, 1.54) is 12.1 Å². The van der Waals surface area contributed by atoms with Crippen molar-refractivity contribution >= 4 is 0 Å². The molecule has 2 fully saturated rings. The second-order valence-electron chi connectivity index (χ2n) is 5.80. The Labute approximate surface area is 101 Å². The highest BCUT2D eigenvalue weighted by atomic mass is 19.1. The summed E-state index contributed by atoms with van der Waals surface area (Å²) in [7, 11) is 0. The van der Waals surface area contributed by atoms with Crippen LogP contribution in [0.1, 0.15) is 44.3 Å². The van der Waals surface area contributed by atoms with Gasteiger partial charge in [-0.25, -0.2) is 4.39 Å². The smallest absolute Gasteiger partial charge is 0.123 e. The quantitative estimate of drug-likeness (QED) is 0.825. The van der Waals surface area contributed by atoms with Crippen LogP contribution in [0, 0.1) is 5.82 Å². The van der Waals surface area contributed by atoms with E-state index in [1.807, 2.05) is 0 Å². The number of aliphatic hydroxyl groups excluding tert-OH is 1. The van der Waals surface area contributed by atoms with E-state index in [0.29, 0.717) is 5.56 Å². The summed E-state index contributed by atoms with van der Waals surface area (Å²) < 4.78 is 13.2. The maximum absolute atomic E-state index is 13.2. The van der Waals surface area contributed by atoms with Crippen LogP contribution in [-0.4, -0.2) is 16.2 Å². The van der Waals surface area contributed by atoms with Crippen molar-refractivity contribution in [2.24, 2.45) is 0 Å². The lowest BCUT2D eigenvalue weighted by molar-refractivity contribution is 0.0735. The Morgan fingerprint density at radius 3 is 2.53 bits per heavy atom. The molecule has 1 atom stereocenters. The van der Waals surface area contributed by atoms with Gasteiger partial charge in [0.15, 0.2) is 0 Å². The third-order valence-electron chi connectivity index (χ3n) is 4.48. The predicted molar refractivity (Wildman–Crippen MR) is 64.1 cm³/mol. The van der Waals surface area contributed by atoms with Crippen LogP contribution >= 0.6 is 0 Å². The third kappa shape index (κ3) is 1.69. The first-order valence-corrected chi connectivity index (χ1v) is 6.26. The van der Waals surface area contributed by atoms with Gasteiger partial charge in [-0.2, -0.15) is 0 Å². The van der Waals surface area contributed by atoms with Crippen molar-refractivity contribution in [1.29, 1.82) is 0 Å². The molecule has 2 nitrogen and oxygen atoms in total. The van der Waals surface area contributed by atoms with Crippen LogP contribution in [0.2, 0.25) is 0 Å². The van der Waals surface area contributed by atoms with E-state index >= 15 is 0 Å². The van der Waals surface area contributed by atoms with Crippen LogP contribution in [0.15, 0.2) is 24.3 Å². The Morgan fingerprint density at radius 2 is 2.00 bits per heavy atom. The largest absolute Gasteiger partial charge is 0.386 e. The molecule has 0 radical (unpaired) electrons. The number of halogens is 1. The number of fused-ring (bicyclic) bond motifs is 2. The second kappa shape index (κ2) is 3.53. The molecule has 0 amide bonds. The Kier molecular flexibility index (Phi) is 2.32. The topological polar surface area (TPSA) is 32.3 Å². The van der Waals surface area contributed by atoms with Gasteiger partial charge in [0.2, 0.25) is 0 Å². The highest BCUT2D eigenvalue weighted by Crippen LogP contribution is 2.50. The molecule has 2 aliphatic heterocycles. The van der Waals surface area contributed by atoms with E-state index in [1.54, 1.807) is 12.1 Å². The highest BCUT2D eigenvalue weighted by Gasteiger charge is 2.54. The molecule has 3 heteroatoms. The van der Waals surface area contributed by atoms with Crippen molar-refractivity contribution in [3.8, 4) is 0 Å². The van der Waals surface area contributed by atoms with Gasteiger partial charge in [0, 0.05) is 11.1 Å². The molecule has 0 spiro atoms. The van der Waals surface area contributed by atoms with Crippen LogP contribution in [-0.2, 0) is 0 Å². The van der Waals surface area contributed by atoms with Gasteiger partial charge in [-0.05, 0) is 50.3 Å². The number of aliphatic hydroxyl groups is 1. The average molecular weight is 235 g/mol. The van der Waals surface area contributed by atoms with Crippen molar-refractivity contribution in [3.05, 3.63) is 35.6 Å². The summed E-state index contributed by atoms with van der Waals surface area (Å²) in [6.07, 6.45) is 3.53. The standard InChI is InChI=1S/C14H18FNO/c1-13-5-7-14(16-13,8-6-13)12(17)10-3-2-4-11(15)9-10/h2-4,9,12,16-17H,5-8H2,1H3/t12-,13?,14?/m0/s1. The SMILES string of the molecule is CC12CCC([C@@H](O)c3cccc(F)c3)(CC1)N2. The van der Waals surface area contributed by atoms with E-state index in [-0.39, 0.29) is 16.9 Å². The van der Waals surface area contributed by atoms with Crippen molar-refractivity contribution in [3.63, 3.8) is 0 Å². The molecular weight excluding hydrogens is 217 g/mol. The van der Waals surface area contributed by atoms with E-state index in [9.17, 15) is 9.50 Å². The molecule has 1 aromatic rings. The predicted octanol–water partition coefficient (Wildman–Crippen LogP) is 2.53. The van der Waals surface area contributed by atoms with E-state index < -0.39 is 6.10 Å². The normalized spacial score (nSPS) is 37.4. The Hall–Kier alpha value is -0.930. The Morgan fingerprint density at radius 1 is 1.29 bits per heavy atom. The van der Waals surface area contributed by atoms with E-state index in [2.05, 4.69) is 12.2 Å².